The number of methoxy groups -OCH3 is 2. The highest BCUT2D eigenvalue weighted by Crippen LogP contribution is 2.31. The molecule has 2 rings (SSSR count). The fraction of sp³-hybridized carbons (Fsp3) is 0.250. The summed E-state index contributed by atoms with van der Waals surface area (Å²) < 4.78 is 45.0. The van der Waals surface area contributed by atoms with Crippen LogP contribution in [0, 0.1) is 0 Å². The topological polar surface area (TPSA) is 66.0 Å². The first kappa shape index (κ1) is 21.0. The van der Waals surface area contributed by atoms with Gasteiger partial charge in [0.05, 0.1) is 26.5 Å². The average Bonchev–Trinajstić information content (AvgIpc) is 2.68. The second-order valence-electron chi connectivity index (χ2n) is 5.41. The molecule has 6 nitrogen and oxygen atoms in total. The molecule has 2 aromatic rings. The maximum absolute atomic E-state index is 12.4. The number of rotatable bonds is 9. The Morgan fingerprint density at radius 3 is 2.50 bits per heavy atom. The van der Waals surface area contributed by atoms with E-state index in [0.717, 1.165) is 0 Å². The maximum atomic E-state index is 12.4. The average molecular weight is 393 g/mol. The number of nitrogens with one attached hydrogen (secondary N) is 1. The maximum Gasteiger partial charge on any atom is 0.387 e. The van der Waals surface area contributed by atoms with E-state index in [1.807, 2.05) is 0 Å². The van der Waals surface area contributed by atoms with Gasteiger partial charge >= 0.3 is 6.61 Å². The molecule has 0 unspecified atom stereocenters. The predicted octanol–water partition coefficient (Wildman–Crippen LogP) is 4.36. The fourth-order valence-corrected chi connectivity index (χ4v) is 2.34. The Labute approximate surface area is 161 Å². The molecule has 150 valence electrons. The standard InChI is InChI=1S/C20H21F2NO5/c1-4-27-18-11-13(5-9-16(18)28-20(21)22)6-10-19(24)23-15-8-7-14(25-2)12-17(15)26-3/h5-12,20H,4H2,1-3H3,(H,23,24)/b10-6+. The monoisotopic (exact) mass is 393 g/mol. The Balaban J connectivity index is 2.12. The molecule has 0 aliphatic heterocycles. The molecule has 0 spiro atoms. The van der Waals surface area contributed by atoms with Crippen LogP contribution < -0.4 is 24.3 Å². The number of anilines is 1. The number of amides is 1. The highest BCUT2D eigenvalue weighted by Gasteiger charge is 2.11. The Kier molecular flexibility index (Phi) is 7.62. The number of ether oxygens (including phenoxy) is 4. The molecule has 0 bridgehead atoms. The molecule has 0 saturated heterocycles. The molecule has 0 fully saturated rings. The minimum absolute atomic E-state index is 0.0681. The summed E-state index contributed by atoms with van der Waals surface area (Å²) >= 11 is 0. The number of halogens is 2. The summed E-state index contributed by atoms with van der Waals surface area (Å²) in [5.74, 6) is 0.756. The Bertz CT molecular complexity index is 839. The number of benzene rings is 2. The molecule has 0 radical (unpaired) electrons. The second kappa shape index (κ2) is 10.1. The highest BCUT2D eigenvalue weighted by atomic mass is 19.3. The zero-order valence-corrected chi connectivity index (χ0v) is 15.7. The van der Waals surface area contributed by atoms with Crippen LogP contribution in [0.5, 0.6) is 23.0 Å². The van der Waals surface area contributed by atoms with Crippen molar-refractivity contribution in [2.45, 2.75) is 13.5 Å². The lowest BCUT2D eigenvalue weighted by molar-refractivity contribution is -0.111. The van der Waals surface area contributed by atoms with Gasteiger partial charge in [-0.2, -0.15) is 8.78 Å². The predicted molar refractivity (Wildman–Crippen MR) is 101 cm³/mol. The molecule has 0 aromatic heterocycles. The first-order valence-corrected chi connectivity index (χ1v) is 8.39. The van der Waals surface area contributed by atoms with Gasteiger partial charge in [-0.3, -0.25) is 4.79 Å². The van der Waals surface area contributed by atoms with Crippen molar-refractivity contribution in [1.29, 1.82) is 0 Å². The van der Waals surface area contributed by atoms with Gasteiger partial charge < -0.3 is 24.3 Å². The normalized spacial score (nSPS) is 10.8. The van der Waals surface area contributed by atoms with Crippen molar-refractivity contribution >= 4 is 17.7 Å². The summed E-state index contributed by atoms with van der Waals surface area (Å²) in [6, 6.07) is 9.42. The molecule has 0 aliphatic rings. The molecule has 0 saturated carbocycles. The molecule has 0 atom stereocenters. The van der Waals surface area contributed by atoms with E-state index in [4.69, 9.17) is 14.2 Å². The van der Waals surface area contributed by atoms with E-state index >= 15 is 0 Å². The fourth-order valence-electron chi connectivity index (χ4n) is 2.34. The quantitative estimate of drug-likeness (QED) is 0.642. The number of carbonyl (C=O) groups is 1. The largest absolute Gasteiger partial charge is 0.497 e. The zero-order valence-electron chi connectivity index (χ0n) is 15.7. The summed E-state index contributed by atoms with van der Waals surface area (Å²) in [6.45, 7) is -0.944. The zero-order chi connectivity index (χ0) is 20.5. The molecular formula is C20H21F2NO5. The van der Waals surface area contributed by atoms with Crippen molar-refractivity contribution in [3.8, 4) is 23.0 Å². The SMILES string of the molecule is CCOc1cc(/C=C/C(=O)Nc2ccc(OC)cc2OC)ccc1OC(F)F. The van der Waals surface area contributed by atoms with Crippen LogP contribution in [0.4, 0.5) is 14.5 Å². The van der Waals surface area contributed by atoms with Crippen LogP contribution >= 0.6 is 0 Å². The summed E-state index contributed by atoms with van der Waals surface area (Å²) in [5, 5.41) is 2.70. The number of hydrogen-bond donors (Lipinski definition) is 1. The van der Waals surface area contributed by atoms with Crippen molar-refractivity contribution in [3.63, 3.8) is 0 Å². The van der Waals surface area contributed by atoms with E-state index < -0.39 is 12.5 Å². The van der Waals surface area contributed by atoms with Crippen molar-refractivity contribution < 1.29 is 32.5 Å². The van der Waals surface area contributed by atoms with Gasteiger partial charge in [0.1, 0.15) is 11.5 Å². The molecule has 2 aromatic carbocycles. The Morgan fingerprint density at radius 2 is 1.86 bits per heavy atom. The van der Waals surface area contributed by atoms with E-state index in [2.05, 4.69) is 10.1 Å². The lowest BCUT2D eigenvalue weighted by atomic mass is 10.2. The third kappa shape index (κ3) is 5.87. The van der Waals surface area contributed by atoms with E-state index in [1.54, 1.807) is 25.1 Å². The molecule has 1 amide bonds. The van der Waals surface area contributed by atoms with Crippen LogP contribution in [0.25, 0.3) is 6.08 Å². The lowest BCUT2D eigenvalue weighted by Crippen LogP contribution is -2.09. The Hall–Kier alpha value is -3.29. The van der Waals surface area contributed by atoms with E-state index in [9.17, 15) is 13.6 Å². The molecule has 8 heteroatoms. The van der Waals surface area contributed by atoms with Crippen molar-refractivity contribution in [1.82, 2.24) is 0 Å². The van der Waals surface area contributed by atoms with Crippen molar-refractivity contribution in [3.05, 3.63) is 48.0 Å². The van der Waals surface area contributed by atoms with Crippen molar-refractivity contribution in [2.24, 2.45) is 0 Å². The first-order valence-electron chi connectivity index (χ1n) is 8.39. The van der Waals surface area contributed by atoms with Crippen LogP contribution in [0.1, 0.15) is 12.5 Å². The van der Waals surface area contributed by atoms with Gasteiger partial charge in [0, 0.05) is 12.1 Å². The third-order valence-electron chi connectivity index (χ3n) is 3.58. The smallest absolute Gasteiger partial charge is 0.387 e. The highest BCUT2D eigenvalue weighted by molar-refractivity contribution is 6.02. The number of carbonyl (C=O) groups excluding carboxylic acids is 1. The number of alkyl halides is 2. The van der Waals surface area contributed by atoms with Gasteiger partial charge in [0.2, 0.25) is 5.91 Å². The lowest BCUT2D eigenvalue weighted by Gasteiger charge is -2.12. The van der Waals surface area contributed by atoms with Gasteiger partial charge in [-0.05, 0) is 42.8 Å². The summed E-state index contributed by atoms with van der Waals surface area (Å²) in [7, 11) is 3.02. The van der Waals surface area contributed by atoms with Crippen LogP contribution in [0.3, 0.4) is 0 Å². The second-order valence-corrected chi connectivity index (χ2v) is 5.41. The molecule has 28 heavy (non-hydrogen) atoms. The minimum Gasteiger partial charge on any atom is -0.497 e. The summed E-state index contributed by atoms with van der Waals surface area (Å²) in [4.78, 5) is 12.2. The Morgan fingerprint density at radius 1 is 1.07 bits per heavy atom. The molecule has 1 N–H and O–H groups in total. The van der Waals surface area contributed by atoms with E-state index in [1.165, 1.54) is 44.6 Å². The van der Waals surface area contributed by atoms with Gasteiger partial charge in [-0.15, -0.1) is 0 Å². The van der Waals surface area contributed by atoms with Gasteiger partial charge in [-0.25, -0.2) is 0 Å². The van der Waals surface area contributed by atoms with Crippen LogP contribution in [-0.4, -0.2) is 33.3 Å². The minimum atomic E-state index is -2.95. The van der Waals surface area contributed by atoms with Gasteiger partial charge in [-0.1, -0.05) is 6.07 Å². The van der Waals surface area contributed by atoms with Crippen molar-refractivity contribution in [2.75, 3.05) is 26.1 Å². The van der Waals surface area contributed by atoms with Gasteiger partial charge in [0.15, 0.2) is 11.5 Å². The number of hydrogen-bond acceptors (Lipinski definition) is 5. The molecule has 0 heterocycles. The van der Waals surface area contributed by atoms with Crippen LogP contribution in [0.2, 0.25) is 0 Å². The third-order valence-corrected chi connectivity index (χ3v) is 3.58. The van der Waals surface area contributed by atoms with E-state index in [-0.39, 0.29) is 18.1 Å². The molecular weight excluding hydrogens is 372 g/mol. The molecule has 0 aliphatic carbocycles. The first-order chi connectivity index (χ1) is 13.5. The van der Waals surface area contributed by atoms with Crippen LogP contribution in [0.15, 0.2) is 42.5 Å². The van der Waals surface area contributed by atoms with Crippen LogP contribution in [-0.2, 0) is 4.79 Å². The van der Waals surface area contributed by atoms with E-state index in [0.29, 0.717) is 22.7 Å². The summed E-state index contributed by atoms with van der Waals surface area (Å²) in [5.41, 5.74) is 1.07. The van der Waals surface area contributed by atoms with Gasteiger partial charge in [0.25, 0.3) is 0 Å². The summed E-state index contributed by atoms with van der Waals surface area (Å²) in [6.07, 6.45) is 2.84.